The smallest absolute Gasteiger partial charge is 0.0491 e. The topological polar surface area (TPSA) is 8.17 Å². The van der Waals surface area contributed by atoms with Gasteiger partial charge in [0.25, 0.3) is 0 Å². The summed E-state index contributed by atoms with van der Waals surface area (Å²) in [6.07, 6.45) is 5.55. The van der Waals surface area contributed by atoms with E-state index < -0.39 is 0 Å². The first kappa shape index (κ1) is 13.8. The van der Waals surface area contributed by atoms with Gasteiger partial charge in [0.1, 0.15) is 0 Å². The lowest BCUT2D eigenvalue weighted by molar-refractivity contribution is 0.276. The van der Waals surface area contributed by atoms with E-state index in [9.17, 15) is 0 Å². The van der Waals surface area contributed by atoms with Gasteiger partial charge in [-0.3, -0.25) is 0 Å². The van der Waals surface area contributed by atoms with Gasteiger partial charge in [-0.2, -0.15) is 0 Å². The molecule has 1 aliphatic rings. The molecule has 2 aromatic carbocycles. The number of hydrogen-bond donors (Lipinski definition) is 0. The maximum atomic E-state index is 2.65. The molecule has 0 N–H and O–H groups in total. The molecule has 1 saturated heterocycles. The third kappa shape index (κ3) is 2.52. The van der Waals surface area contributed by atoms with Crippen LogP contribution >= 0.6 is 0 Å². The molecule has 0 bridgehead atoms. The van der Waals surface area contributed by atoms with E-state index in [4.69, 9.17) is 0 Å². The van der Waals surface area contributed by atoms with E-state index in [2.05, 4.69) is 58.0 Å². The molecule has 1 aromatic heterocycles. The summed E-state index contributed by atoms with van der Waals surface area (Å²) in [4.78, 5) is 2.65. The summed E-state index contributed by atoms with van der Waals surface area (Å²) in [7, 11) is 0. The van der Waals surface area contributed by atoms with Crippen molar-refractivity contribution in [2.75, 3.05) is 19.6 Å². The minimum atomic E-state index is 1.09. The third-order valence-corrected chi connectivity index (χ3v) is 5.02. The van der Waals surface area contributed by atoms with Gasteiger partial charge in [-0.05, 0) is 38.1 Å². The molecular formula is C20H24N2. The van der Waals surface area contributed by atoms with E-state index in [0.29, 0.717) is 0 Å². The molecule has 114 valence electrons. The van der Waals surface area contributed by atoms with Crippen molar-refractivity contribution in [3.8, 4) is 0 Å². The zero-order valence-corrected chi connectivity index (χ0v) is 13.2. The van der Waals surface area contributed by atoms with Crippen LogP contribution in [-0.4, -0.2) is 29.1 Å². The highest BCUT2D eigenvalue weighted by Crippen LogP contribution is 2.28. The van der Waals surface area contributed by atoms with Crippen molar-refractivity contribution in [3.63, 3.8) is 0 Å². The molecule has 2 heteroatoms. The van der Waals surface area contributed by atoms with Crippen LogP contribution in [0.1, 0.15) is 25.7 Å². The van der Waals surface area contributed by atoms with Crippen LogP contribution in [0.5, 0.6) is 0 Å². The van der Waals surface area contributed by atoms with Gasteiger partial charge in [0, 0.05) is 34.9 Å². The average molecular weight is 292 g/mol. The standard InChI is InChI=1S/C20H24N2/c1-2-8-14-21(13-7-1)15-16-22-19-11-5-3-9-17(19)18-10-4-6-12-20(18)22/h3-6,9-12H,1-2,7-8,13-16H2. The molecule has 4 rings (SSSR count). The summed E-state index contributed by atoms with van der Waals surface area (Å²) in [6, 6.07) is 17.6. The van der Waals surface area contributed by atoms with Gasteiger partial charge in [0.2, 0.25) is 0 Å². The summed E-state index contributed by atoms with van der Waals surface area (Å²) in [5, 5.41) is 2.77. The normalized spacial score (nSPS) is 17.1. The van der Waals surface area contributed by atoms with E-state index in [0.717, 1.165) is 6.54 Å². The lowest BCUT2D eigenvalue weighted by Crippen LogP contribution is -2.28. The summed E-state index contributed by atoms with van der Waals surface area (Å²) < 4.78 is 2.51. The highest BCUT2D eigenvalue weighted by Gasteiger charge is 2.12. The molecule has 0 aliphatic carbocycles. The second kappa shape index (κ2) is 6.13. The molecule has 0 spiro atoms. The summed E-state index contributed by atoms with van der Waals surface area (Å²) >= 11 is 0. The average Bonchev–Trinajstić information content (AvgIpc) is 2.72. The minimum Gasteiger partial charge on any atom is -0.339 e. The van der Waals surface area contributed by atoms with Gasteiger partial charge in [0.15, 0.2) is 0 Å². The first-order valence-corrected chi connectivity index (χ1v) is 8.62. The van der Waals surface area contributed by atoms with Gasteiger partial charge in [-0.25, -0.2) is 0 Å². The first-order valence-electron chi connectivity index (χ1n) is 8.62. The molecule has 3 aromatic rings. The van der Waals surface area contributed by atoms with Crippen LogP contribution in [-0.2, 0) is 6.54 Å². The number of nitrogens with zero attached hydrogens (tertiary/aromatic N) is 2. The number of hydrogen-bond acceptors (Lipinski definition) is 1. The maximum Gasteiger partial charge on any atom is 0.0491 e. The van der Waals surface area contributed by atoms with E-state index in [1.807, 2.05) is 0 Å². The van der Waals surface area contributed by atoms with Crippen molar-refractivity contribution < 1.29 is 0 Å². The Labute approximate surface area is 132 Å². The van der Waals surface area contributed by atoms with Crippen LogP contribution in [0.15, 0.2) is 48.5 Å². The van der Waals surface area contributed by atoms with E-state index in [1.165, 1.54) is 67.1 Å². The Kier molecular flexibility index (Phi) is 3.86. The molecule has 0 atom stereocenters. The Bertz CT molecular complexity index is 710. The zero-order chi connectivity index (χ0) is 14.8. The van der Waals surface area contributed by atoms with Gasteiger partial charge in [-0.15, -0.1) is 0 Å². The predicted molar refractivity (Wildman–Crippen MR) is 94.4 cm³/mol. The Hall–Kier alpha value is -1.80. The van der Waals surface area contributed by atoms with Crippen LogP contribution in [0, 0.1) is 0 Å². The number of fused-ring (bicyclic) bond motifs is 3. The fraction of sp³-hybridized carbons (Fsp3) is 0.400. The van der Waals surface area contributed by atoms with Crippen molar-refractivity contribution in [2.45, 2.75) is 32.2 Å². The van der Waals surface area contributed by atoms with Crippen LogP contribution in [0.4, 0.5) is 0 Å². The second-order valence-corrected chi connectivity index (χ2v) is 6.44. The molecule has 0 radical (unpaired) electrons. The quantitative estimate of drug-likeness (QED) is 0.681. The van der Waals surface area contributed by atoms with Crippen molar-refractivity contribution in [1.29, 1.82) is 0 Å². The molecule has 0 saturated carbocycles. The molecule has 0 amide bonds. The monoisotopic (exact) mass is 292 g/mol. The van der Waals surface area contributed by atoms with Gasteiger partial charge in [0.05, 0.1) is 0 Å². The fourth-order valence-corrected chi connectivity index (χ4v) is 3.85. The molecular weight excluding hydrogens is 268 g/mol. The molecule has 2 nitrogen and oxygen atoms in total. The molecule has 0 unspecified atom stereocenters. The molecule has 1 aliphatic heterocycles. The molecule has 22 heavy (non-hydrogen) atoms. The Balaban J connectivity index is 1.67. The highest BCUT2D eigenvalue weighted by molar-refractivity contribution is 6.07. The summed E-state index contributed by atoms with van der Waals surface area (Å²) in [5.41, 5.74) is 2.75. The maximum absolute atomic E-state index is 2.65. The van der Waals surface area contributed by atoms with Crippen LogP contribution in [0.25, 0.3) is 21.8 Å². The first-order chi connectivity index (χ1) is 10.9. The van der Waals surface area contributed by atoms with E-state index in [1.54, 1.807) is 0 Å². The van der Waals surface area contributed by atoms with E-state index >= 15 is 0 Å². The highest BCUT2D eigenvalue weighted by atomic mass is 15.1. The Morgan fingerprint density at radius 2 is 1.18 bits per heavy atom. The van der Waals surface area contributed by atoms with E-state index in [-0.39, 0.29) is 0 Å². The van der Waals surface area contributed by atoms with Crippen molar-refractivity contribution >= 4 is 21.8 Å². The van der Waals surface area contributed by atoms with Gasteiger partial charge in [-0.1, -0.05) is 49.2 Å². The predicted octanol–water partition coefficient (Wildman–Crippen LogP) is 4.67. The lowest BCUT2D eigenvalue weighted by Gasteiger charge is -2.20. The van der Waals surface area contributed by atoms with Crippen LogP contribution in [0.3, 0.4) is 0 Å². The number of rotatable bonds is 3. The van der Waals surface area contributed by atoms with Gasteiger partial charge < -0.3 is 9.47 Å². The SMILES string of the molecule is c1ccc2c(c1)c1ccccc1n2CCN1CCCCCC1. The number of benzene rings is 2. The largest absolute Gasteiger partial charge is 0.339 e. The second-order valence-electron chi connectivity index (χ2n) is 6.44. The van der Waals surface area contributed by atoms with Crippen molar-refractivity contribution in [1.82, 2.24) is 9.47 Å². The molecule has 2 heterocycles. The number of likely N-dealkylation sites (tertiary alicyclic amines) is 1. The number of para-hydroxylation sites is 2. The Morgan fingerprint density at radius 3 is 1.77 bits per heavy atom. The lowest BCUT2D eigenvalue weighted by atomic mass is 10.2. The fourth-order valence-electron chi connectivity index (χ4n) is 3.85. The summed E-state index contributed by atoms with van der Waals surface area (Å²) in [5.74, 6) is 0. The third-order valence-electron chi connectivity index (χ3n) is 5.02. The van der Waals surface area contributed by atoms with Crippen LogP contribution in [0.2, 0.25) is 0 Å². The summed E-state index contributed by atoms with van der Waals surface area (Å²) in [6.45, 7) is 4.81. The number of aromatic nitrogens is 1. The minimum absolute atomic E-state index is 1.09. The molecule has 1 fully saturated rings. The van der Waals surface area contributed by atoms with Crippen LogP contribution < -0.4 is 0 Å². The van der Waals surface area contributed by atoms with Crippen molar-refractivity contribution in [3.05, 3.63) is 48.5 Å². The van der Waals surface area contributed by atoms with Crippen molar-refractivity contribution in [2.24, 2.45) is 0 Å². The Morgan fingerprint density at radius 1 is 0.636 bits per heavy atom. The van der Waals surface area contributed by atoms with Gasteiger partial charge >= 0.3 is 0 Å². The zero-order valence-electron chi connectivity index (χ0n) is 13.2.